The van der Waals surface area contributed by atoms with E-state index < -0.39 is 6.10 Å². The highest BCUT2D eigenvalue weighted by molar-refractivity contribution is 7.15. The van der Waals surface area contributed by atoms with Crippen LogP contribution in [0.15, 0.2) is 16.5 Å². The third-order valence-electron chi connectivity index (χ3n) is 2.31. The zero-order valence-corrected chi connectivity index (χ0v) is 10.0. The van der Waals surface area contributed by atoms with Crippen LogP contribution < -0.4 is 5.73 Å². The number of rotatable bonds is 3. The SMILES string of the molecule is Cc1ccc(-c2nc(C)c(C(O)CN)s2)o1. The second-order valence-electron chi connectivity index (χ2n) is 3.63. The first-order chi connectivity index (χ1) is 7.61. The van der Waals surface area contributed by atoms with Crippen LogP contribution in [-0.2, 0) is 0 Å². The van der Waals surface area contributed by atoms with Gasteiger partial charge in [0.1, 0.15) is 11.9 Å². The first-order valence-corrected chi connectivity index (χ1v) is 5.85. The molecule has 2 heterocycles. The minimum Gasteiger partial charge on any atom is -0.459 e. The fraction of sp³-hybridized carbons (Fsp3) is 0.364. The molecule has 0 aliphatic carbocycles. The summed E-state index contributed by atoms with van der Waals surface area (Å²) in [5.74, 6) is 1.59. The van der Waals surface area contributed by atoms with E-state index >= 15 is 0 Å². The Hall–Kier alpha value is -1.17. The molecular weight excluding hydrogens is 224 g/mol. The highest BCUT2D eigenvalue weighted by Gasteiger charge is 2.16. The maximum Gasteiger partial charge on any atom is 0.162 e. The highest BCUT2D eigenvalue weighted by atomic mass is 32.1. The highest BCUT2D eigenvalue weighted by Crippen LogP contribution is 2.32. The van der Waals surface area contributed by atoms with E-state index in [0.717, 1.165) is 27.1 Å². The van der Waals surface area contributed by atoms with Gasteiger partial charge in [-0.05, 0) is 26.0 Å². The first-order valence-electron chi connectivity index (χ1n) is 5.04. The number of hydrogen-bond donors (Lipinski definition) is 2. The molecule has 1 atom stereocenters. The molecule has 0 fully saturated rings. The Labute approximate surface area is 97.7 Å². The van der Waals surface area contributed by atoms with Gasteiger partial charge in [0.15, 0.2) is 10.8 Å². The lowest BCUT2D eigenvalue weighted by atomic mass is 10.2. The molecule has 0 aliphatic heterocycles. The van der Waals surface area contributed by atoms with E-state index in [4.69, 9.17) is 10.2 Å². The van der Waals surface area contributed by atoms with Crippen molar-refractivity contribution in [2.24, 2.45) is 5.73 Å². The number of aliphatic hydroxyl groups is 1. The van der Waals surface area contributed by atoms with E-state index in [1.807, 2.05) is 26.0 Å². The van der Waals surface area contributed by atoms with Crippen LogP contribution in [-0.4, -0.2) is 16.6 Å². The molecule has 5 heteroatoms. The number of nitrogens with zero attached hydrogens (tertiary/aromatic N) is 1. The second-order valence-corrected chi connectivity index (χ2v) is 4.66. The molecule has 3 N–H and O–H groups in total. The first kappa shape index (κ1) is 11.3. The average Bonchev–Trinajstić information content (AvgIpc) is 2.83. The molecule has 0 radical (unpaired) electrons. The zero-order valence-electron chi connectivity index (χ0n) is 9.23. The summed E-state index contributed by atoms with van der Waals surface area (Å²) in [5.41, 5.74) is 6.24. The molecule has 2 aromatic rings. The van der Waals surface area contributed by atoms with Crippen molar-refractivity contribution in [3.05, 3.63) is 28.5 Å². The molecule has 0 saturated heterocycles. The molecule has 0 aromatic carbocycles. The van der Waals surface area contributed by atoms with E-state index in [0.29, 0.717) is 0 Å². The summed E-state index contributed by atoms with van der Waals surface area (Å²) >= 11 is 1.42. The number of aryl methyl sites for hydroxylation is 2. The number of furan rings is 1. The number of nitrogens with two attached hydrogens (primary N) is 1. The van der Waals surface area contributed by atoms with Crippen molar-refractivity contribution in [1.29, 1.82) is 0 Å². The molecule has 4 nitrogen and oxygen atoms in total. The van der Waals surface area contributed by atoms with E-state index in [1.54, 1.807) is 0 Å². The van der Waals surface area contributed by atoms with Gasteiger partial charge in [-0.3, -0.25) is 0 Å². The predicted octanol–water partition coefficient (Wildman–Crippen LogP) is 2.01. The number of hydrogen-bond acceptors (Lipinski definition) is 5. The summed E-state index contributed by atoms with van der Waals surface area (Å²) in [6, 6.07) is 3.78. The van der Waals surface area contributed by atoms with Gasteiger partial charge in [-0.15, -0.1) is 11.3 Å². The van der Waals surface area contributed by atoms with E-state index in [1.165, 1.54) is 11.3 Å². The van der Waals surface area contributed by atoms with Gasteiger partial charge in [0, 0.05) is 6.54 Å². The van der Waals surface area contributed by atoms with Gasteiger partial charge in [0.2, 0.25) is 0 Å². The predicted molar refractivity (Wildman–Crippen MR) is 63.3 cm³/mol. The lowest BCUT2D eigenvalue weighted by Crippen LogP contribution is -2.10. The van der Waals surface area contributed by atoms with Crippen molar-refractivity contribution >= 4 is 11.3 Å². The van der Waals surface area contributed by atoms with Crippen LogP contribution in [0, 0.1) is 13.8 Å². The molecule has 16 heavy (non-hydrogen) atoms. The standard InChI is InChI=1S/C11H14N2O2S/c1-6-3-4-9(15-6)11-13-7(2)10(16-11)8(14)5-12/h3-4,8,14H,5,12H2,1-2H3. The van der Waals surface area contributed by atoms with E-state index in [2.05, 4.69) is 4.98 Å². The summed E-state index contributed by atoms with van der Waals surface area (Å²) in [5, 5.41) is 10.5. The van der Waals surface area contributed by atoms with E-state index in [9.17, 15) is 5.11 Å². The Bertz CT molecular complexity index is 490. The van der Waals surface area contributed by atoms with Gasteiger partial charge < -0.3 is 15.3 Å². The Kier molecular flexibility index (Phi) is 3.09. The Morgan fingerprint density at radius 3 is 2.81 bits per heavy atom. The van der Waals surface area contributed by atoms with Crippen molar-refractivity contribution in [2.45, 2.75) is 20.0 Å². The van der Waals surface area contributed by atoms with Crippen LogP contribution in [0.25, 0.3) is 10.8 Å². The van der Waals surface area contributed by atoms with Crippen molar-refractivity contribution < 1.29 is 9.52 Å². The maximum atomic E-state index is 9.69. The van der Waals surface area contributed by atoms with Gasteiger partial charge in [0.25, 0.3) is 0 Å². The minimum atomic E-state index is -0.637. The van der Waals surface area contributed by atoms with Gasteiger partial charge in [-0.1, -0.05) is 0 Å². The molecular formula is C11H14N2O2S. The molecule has 1 unspecified atom stereocenters. The minimum absolute atomic E-state index is 0.208. The van der Waals surface area contributed by atoms with Crippen LogP contribution in [0.1, 0.15) is 22.4 Å². The van der Waals surface area contributed by atoms with E-state index in [-0.39, 0.29) is 6.54 Å². The van der Waals surface area contributed by atoms with Crippen LogP contribution >= 0.6 is 11.3 Å². The Balaban J connectivity index is 2.37. The van der Waals surface area contributed by atoms with Crippen LogP contribution in [0.4, 0.5) is 0 Å². The molecule has 0 bridgehead atoms. The summed E-state index contributed by atoms with van der Waals surface area (Å²) in [6.07, 6.45) is -0.637. The summed E-state index contributed by atoms with van der Waals surface area (Å²) in [4.78, 5) is 5.18. The fourth-order valence-electron chi connectivity index (χ4n) is 1.48. The van der Waals surface area contributed by atoms with Gasteiger partial charge in [0.05, 0.1) is 10.6 Å². The number of aromatic nitrogens is 1. The zero-order chi connectivity index (χ0) is 11.7. The third-order valence-corrected chi connectivity index (χ3v) is 3.58. The summed E-state index contributed by atoms with van der Waals surface area (Å²) in [7, 11) is 0. The quantitative estimate of drug-likeness (QED) is 0.858. The lowest BCUT2D eigenvalue weighted by Gasteiger charge is -2.03. The Morgan fingerprint density at radius 2 is 2.25 bits per heavy atom. The number of aliphatic hydroxyl groups excluding tert-OH is 1. The maximum absolute atomic E-state index is 9.69. The average molecular weight is 238 g/mol. The van der Waals surface area contributed by atoms with Gasteiger partial charge in [-0.2, -0.15) is 0 Å². The van der Waals surface area contributed by atoms with Crippen molar-refractivity contribution in [1.82, 2.24) is 4.98 Å². The molecule has 2 rings (SSSR count). The normalized spacial score (nSPS) is 13.0. The van der Waals surface area contributed by atoms with Crippen LogP contribution in [0.3, 0.4) is 0 Å². The van der Waals surface area contributed by atoms with Crippen LogP contribution in [0.5, 0.6) is 0 Å². The molecule has 0 aliphatic rings. The second kappa shape index (κ2) is 4.37. The van der Waals surface area contributed by atoms with Crippen molar-refractivity contribution in [2.75, 3.05) is 6.54 Å². The molecule has 2 aromatic heterocycles. The molecule has 0 saturated carbocycles. The van der Waals surface area contributed by atoms with Gasteiger partial charge >= 0.3 is 0 Å². The van der Waals surface area contributed by atoms with Gasteiger partial charge in [-0.25, -0.2) is 4.98 Å². The molecule has 86 valence electrons. The fourth-order valence-corrected chi connectivity index (χ4v) is 2.51. The number of thiazole rings is 1. The Morgan fingerprint density at radius 1 is 1.50 bits per heavy atom. The topological polar surface area (TPSA) is 72.3 Å². The smallest absolute Gasteiger partial charge is 0.162 e. The largest absolute Gasteiger partial charge is 0.459 e. The monoisotopic (exact) mass is 238 g/mol. The third kappa shape index (κ3) is 2.02. The van der Waals surface area contributed by atoms with Crippen molar-refractivity contribution in [3.8, 4) is 10.8 Å². The molecule has 0 spiro atoms. The molecule has 0 amide bonds. The summed E-state index contributed by atoms with van der Waals surface area (Å²) < 4.78 is 5.49. The van der Waals surface area contributed by atoms with Crippen LogP contribution in [0.2, 0.25) is 0 Å². The lowest BCUT2D eigenvalue weighted by molar-refractivity contribution is 0.189. The summed E-state index contributed by atoms with van der Waals surface area (Å²) in [6.45, 7) is 3.96. The van der Waals surface area contributed by atoms with Crippen molar-refractivity contribution in [3.63, 3.8) is 0 Å².